The van der Waals surface area contributed by atoms with E-state index in [1.54, 1.807) is 12.1 Å². The first kappa shape index (κ1) is 14.3. The molecule has 98 valence electrons. The maximum absolute atomic E-state index is 11.6. The van der Waals surface area contributed by atoms with Crippen molar-refractivity contribution in [1.82, 2.24) is 0 Å². The van der Waals surface area contributed by atoms with Crippen molar-refractivity contribution in [3.05, 3.63) is 22.7 Å². The summed E-state index contributed by atoms with van der Waals surface area (Å²) in [5.74, 6) is -0.337. The summed E-state index contributed by atoms with van der Waals surface area (Å²) < 4.78 is 5.12. The topological polar surface area (TPSA) is 81.4 Å². The highest BCUT2D eigenvalue weighted by Crippen LogP contribution is 2.30. The van der Waals surface area contributed by atoms with Crippen molar-refractivity contribution >= 4 is 29.1 Å². The Hall–Kier alpha value is -1.75. The Morgan fingerprint density at radius 3 is 2.61 bits per heavy atom. The van der Waals surface area contributed by atoms with Gasteiger partial charge >= 0.3 is 0 Å². The molecule has 0 aliphatic carbocycles. The molecule has 1 rings (SSSR count). The lowest BCUT2D eigenvalue weighted by Crippen LogP contribution is -2.17. The number of nitrogens with two attached hydrogens (primary N) is 1. The number of carbonyl (C=O) groups excluding carboxylic acids is 2. The van der Waals surface area contributed by atoms with E-state index in [1.807, 2.05) is 6.92 Å². The second-order valence-corrected chi connectivity index (χ2v) is 4.22. The van der Waals surface area contributed by atoms with Crippen LogP contribution in [0.25, 0.3) is 0 Å². The van der Waals surface area contributed by atoms with Crippen molar-refractivity contribution in [3.8, 4) is 5.75 Å². The number of halogens is 1. The Morgan fingerprint density at radius 2 is 2.06 bits per heavy atom. The number of aryl methyl sites for hydroxylation is 1. The van der Waals surface area contributed by atoms with Gasteiger partial charge in [-0.15, -0.1) is 0 Å². The fourth-order valence-corrected chi connectivity index (χ4v) is 1.53. The van der Waals surface area contributed by atoms with Gasteiger partial charge in [0.2, 0.25) is 11.8 Å². The summed E-state index contributed by atoms with van der Waals surface area (Å²) in [5.41, 5.74) is 6.32. The standard InChI is InChI=1S/C12H15ClN2O3/c1-7-5-9(10(18-2)6-8(7)13)15-12(17)4-3-11(14)16/h5-6H,3-4H2,1-2H3,(H2,14,16)(H,15,17). The molecule has 0 aliphatic rings. The lowest BCUT2D eigenvalue weighted by Gasteiger charge is -2.12. The molecular formula is C12H15ClN2O3. The van der Waals surface area contributed by atoms with Crippen LogP contribution in [0.3, 0.4) is 0 Å². The van der Waals surface area contributed by atoms with E-state index < -0.39 is 5.91 Å². The molecule has 0 bridgehead atoms. The van der Waals surface area contributed by atoms with Crippen molar-refractivity contribution in [2.75, 3.05) is 12.4 Å². The molecule has 6 heteroatoms. The number of benzene rings is 1. The van der Waals surface area contributed by atoms with E-state index in [4.69, 9.17) is 22.1 Å². The molecule has 0 radical (unpaired) electrons. The van der Waals surface area contributed by atoms with Crippen LogP contribution in [-0.2, 0) is 9.59 Å². The van der Waals surface area contributed by atoms with Gasteiger partial charge in [0.25, 0.3) is 0 Å². The first-order chi connectivity index (χ1) is 8.43. The van der Waals surface area contributed by atoms with Crippen LogP contribution < -0.4 is 15.8 Å². The maximum atomic E-state index is 11.6. The number of rotatable bonds is 5. The van der Waals surface area contributed by atoms with Crippen LogP contribution in [-0.4, -0.2) is 18.9 Å². The predicted octanol–water partition coefficient (Wildman–Crippen LogP) is 1.86. The van der Waals surface area contributed by atoms with Crippen LogP contribution in [0.4, 0.5) is 5.69 Å². The van der Waals surface area contributed by atoms with Crippen LogP contribution in [0.2, 0.25) is 5.02 Å². The highest BCUT2D eigenvalue weighted by atomic mass is 35.5. The summed E-state index contributed by atoms with van der Waals surface area (Å²) in [4.78, 5) is 22.2. The Morgan fingerprint density at radius 1 is 1.39 bits per heavy atom. The number of anilines is 1. The third-order valence-electron chi connectivity index (χ3n) is 2.35. The van der Waals surface area contributed by atoms with Gasteiger partial charge in [0.15, 0.2) is 0 Å². The molecule has 3 N–H and O–H groups in total. The zero-order chi connectivity index (χ0) is 13.7. The predicted molar refractivity (Wildman–Crippen MR) is 69.8 cm³/mol. The molecule has 18 heavy (non-hydrogen) atoms. The summed E-state index contributed by atoms with van der Waals surface area (Å²) in [7, 11) is 1.49. The maximum Gasteiger partial charge on any atom is 0.224 e. The van der Waals surface area contributed by atoms with Crippen molar-refractivity contribution < 1.29 is 14.3 Å². The van der Waals surface area contributed by atoms with Gasteiger partial charge in [-0.1, -0.05) is 11.6 Å². The van der Waals surface area contributed by atoms with E-state index in [0.717, 1.165) is 5.56 Å². The van der Waals surface area contributed by atoms with Crippen LogP contribution in [0, 0.1) is 6.92 Å². The summed E-state index contributed by atoms with van der Waals surface area (Å²) in [5, 5.41) is 3.21. The first-order valence-electron chi connectivity index (χ1n) is 5.36. The number of carbonyl (C=O) groups is 2. The number of hydrogen-bond donors (Lipinski definition) is 2. The summed E-state index contributed by atoms with van der Waals surface area (Å²) >= 11 is 5.95. The molecule has 0 saturated carbocycles. The van der Waals surface area contributed by atoms with Gasteiger partial charge in [-0.05, 0) is 18.6 Å². The zero-order valence-corrected chi connectivity index (χ0v) is 11.0. The summed E-state index contributed by atoms with van der Waals surface area (Å²) in [6, 6.07) is 3.34. The van der Waals surface area contributed by atoms with Gasteiger partial charge < -0.3 is 15.8 Å². The quantitative estimate of drug-likeness (QED) is 0.857. The van der Waals surface area contributed by atoms with E-state index in [9.17, 15) is 9.59 Å². The number of amides is 2. The monoisotopic (exact) mass is 270 g/mol. The van der Waals surface area contributed by atoms with Crippen LogP contribution in [0.15, 0.2) is 12.1 Å². The van der Waals surface area contributed by atoms with Gasteiger partial charge in [0, 0.05) is 23.9 Å². The fraction of sp³-hybridized carbons (Fsp3) is 0.333. The number of primary amides is 1. The fourth-order valence-electron chi connectivity index (χ4n) is 1.38. The van der Waals surface area contributed by atoms with Crippen molar-refractivity contribution in [2.45, 2.75) is 19.8 Å². The first-order valence-corrected chi connectivity index (χ1v) is 5.74. The van der Waals surface area contributed by atoms with Gasteiger partial charge in [-0.2, -0.15) is 0 Å². The molecule has 1 aromatic carbocycles. The molecule has 0 saturated heterocycles. The number of hydrogen-bond acceptors (Lipinski definition) is 3. The summed E-state index contributed by atoms with van der Waals surface area (Å²) in [6.45, 7) is 1.82. The van der Waals surface area contributed by atoms with Gasteiger partial charge in [0.05, 0.1) is 12.8 Å². The molecule has 5 nitrogen and oxygen atoms in total. The van der Waals surface area contributed by atoms with E-state index >= 15 is 0 Å². The molecule has 0 aliphatic heterocycles. The minimum atomic E-state index is -0.510. The number of nitrogens with one attached hydrogen (secondary N) is 1. The molecule has 0 atom stereocenters. The van der Waals surface area contributed by atoms with E-state index in [-0.39, 0.29) is 18.7 Å². The van der Waals surface area contributed by atoms with E-state index in [0.29, 0.717) is 16.5 Å². The highest BCUT2D eigenvalue weighted by molar-refractivity contribution is 6.31. The molecule has 2 amide bonds. The lowest BCUT2D eigenvalue weighted by atomic mass is 10.2. The van der Waals surface area contributed by atoms with Crippen molar-refractivity contribution in [1.29, 1.82) is 0 Å². The van der Waals surface area contributed by atoms with Gasteiger partial charge in [-0.3, -0.25) is 9.59 Å². The molecule has 0 spiro atoms. The lowest BCUT2D eigenvalue weighted by molar-refractivity contribution is -0.122. The highest BCUT2D eigenvalue weighted by Gasteiger charge is 2.10. The molecule has 0 fully saturated rings. The van der Waals surface area contributed by atoms with Crippen LogP contribution in [0.5, 0.6) is 5.75 Å². The SMILES string of the molecule is COc1cc(Cl)c(C)cc1NC(=O)CCC(N)=O. The average molecular weight is 271 g/mol. The van der Waals surface area contributed by atoms with Crippen LogP contribution in [0.1, 0.15) is 18.4 Å². The van der Waals surface area contributed by atoms with Crippen molar-refractivity contribution in [2.24, 2.45) is 5.73 Å². The van der Waals surface area contributed by atoms with Gasteiger partial charge in [-0.25, -0.2) is 0 Å². The Labute approximate surface area is 110 Å². The number of ether oxygens (including phenoxy) is 1. The smallest absolute Gasteiger partial charge is 0.224 e. The minimum absolute atomic E-state index is 0.0146. The average Bonchev–Trinajstić information content (AvgIpc) is 2.31. The third-order valence-corrected chi connectivity index (χ3v) is 2.76. The molecule has 0 aromatic heterocycles. The second-order valence-electron chi connectivity index (χ2n) is 3.82. The molecular weight excluding hydrogens is 256 g/mol. The summed E-state index contributed by atoms with van der Waals surface area (Å²) in [6.07, 6.45) is 0.0564. The Bertz CT molecular complexity index is 475. The van der Waals surface area contributed by atoms with Crippen molar-refractivity contribution in [3.63, 3.8) is 0 Å². The van der Waals surface area contributed by atoms with E-state index in [1.165, 1.54) is 7.11 Å². The van der Waals surface area contributed by atoms with E-state index in [2.05, 4.69) is 5.32 Å². The Kier molecular flexibility index (Phi) is 4.97. The largest absolute Gasteiger partial charge is 0.495 e. The van der Waals surface area contributed by atoms with Gasteiger partial charge in [0.1, 0.15) is 5.75 Å². The Balaban J connectivity index is 2.80. The third kappa shape index (κ3) is 3.92. The van der Waals surface area contributed by atoms with Crippen LogP contribution >= 0.6 is 11.6 Å². The molecule has 1 aromatic rings. The molecule has 0 heterocycles. The number of methoxy groups -OCH3 is 1. The second kappa shape index (κ2) is 6.26. The normalized spacial score (nSPS) is 9.94. The zero-order valence-electron chi connectivity index (χ0n) is 10.2. The minimum Gasteiger partial charge on any atom is -0.495 e. The molecule has 0 unspecified atom stereocenters.